The van der Waals surface area contributed by atoms with Gasteiger partial charge in [-0.15, -0.1) is 0 Å². The summed E-state index contributed by atoms with van der Waals surface area (Å²) < 4.78 is 5.60. The number of benzene rings is 1. The van der Waals surface area contributed by atoms with Gasteiger partial charge in [0.2, 0.25) is 0 Å². The van der Waals surface area contributed by atoms with E-state index < -0.39 is 11.7 Å². The van der Waals surface area contributed by atoms with Crippen LogP contribution in [0.15, 0.2) is 42.6 Å². The quantitative estimate of drug-likeness (QED) is 0.646. The topological polar surface area (TPSA) is 66.2 Å². The smallest absolute Gasteiger partial charge is 0.415 e. The Bertz CT molecular complexity index is 855. The number of pyridine rings is 1. The summed E-state index contributed by atoms with van der Waals surface area (Å²) in [6.07, 6.45) is 7.90. The minimum absolute atomic E-state index is 0.311. The minimum atomic E-state index is -0.597. The second-order valence-corrected chi connectivity index (χ2v) is 8.64. The Balaban J connectivity index is 1.80. The van der Waals surface area contributed by atoms with Gasteiger partial charge in [-0.25, -0.2) is 4.79 Å². The van der Waals surface area contributed by atoms with Gasteiger partial charge in [0, 0.05) is 11.9 Å². The molecule has 1 aromatic carbocycles. The normalized spacial score (nSPS) is 14.8. The molecule has 1 aliphatic rings. The van der Waals surface area contributed by atoms with Crippen molar-refractivity contribution in [3.05, 3.63) is 59.4 Å². The van der Waals surface area contributed by atoms with Gasteiger partial charge in [0.25, 0.3) is 0 Å². The van der Waals surface area contributed by atoms with Gasteiger partial charge in [-0.05, 0) is 75.4 Å². The van der Waals surface area contributed by atoms with E-state index in [2.05, 4.69) is 17.1 Å². The number of hydrogen-bond donors (Lipinski definition) is 0. The molecule has 1 saturated carbocycles. The van der Waals surface area contributed by atoms with Crippen LogP contribution in [-0.2, 0) is 11.3 Å². The largest absolute Gasteiger partial charge is 0.443 e. The summed E-state index contributed by atoms with van der Waals surface area (Å²) in [5.74, 6) is 0.603. The molecule has 1 aromatic heterocycles. The Morgan fingerprint density at radius 1 is 1.14 bits per heavy atom. The Hall–Kier alpha value is -2.87. The van der Waals surface area contributed by atoms with Crippen molar-refractivity contribution in [2.24, 2.45) is 0 Å². The van der Waals surface area contributed by atoms with E-state index in [4.69, 9.17) is 10.00 Å². The Morgan fingerprint density at radius 2 is 1.83 bits per heavy atom. The van der Waals surface area contributed by atoms with Crippen molar-refractivity contribution in [1.82, 2.24) is 4.98 Å². The standard InChI is InChI=1S/C24H29N3O2/c1-24(2,3)29-23(28)27(22-13-9-18(15-25)10-14-22)17-21-12-11-20(16-26-21)19-7-5-4-6-8-19/h9-14,16,19H,4-8,17H2,1-3H3. The van der Waals surface area contributed by atoms with Crippen LogP contribution in [-0.4, -0.2) is 16.7 Å². The molecule has 5 heteroatoms. The number of anilines is 1. The molecule has 5 nitrogen and oxygen atoms in total. The van der Waals surface area contributed by atoms with Crippen LogP contribution in [0.1, 0.15) is 75.6 Å². The zero-order valence-electron chi connectivity index (χ0n) is 17.5. The molecule has 1 heterocycles. The van der Waals surface area contributed by atoms with Crippen molar-refractivity contribution < 1.29 is 9.53 Å². The van der Waals surface area contributed by atoms with Crippen molar-refractivity contribution >= 4 is 11.8 Å². The summed E-state index contributed by atoms with van der Waals surface area (Å²) in [5, 5.41) is 9.03. The molecule has 0 aliphatic heterocycles. The lowest BCUT2D eigenvalue weighted by molar-refractivity contribution is 0.0577. The molecular formula is C24H29N3O2. The number of aromatic nitrogens is 1. The average molecular weight is 392 g/mol. The maximum absolute atomic E-state index is 12.8. The maximum Gasteiger partial charge on any atom is 0.415 e. The fourth-order valence-electron chi connectivity index (χ4n) is 3.66. The molecule has 152 valence electrons. The van der Waals surface area contributed by atoms with Crippen molar-refractivity contribution in [2.45, 2.75) is 70.9 Å². The third kappa shape index (κ3) is 5.80. The van der Waals surface area contributed by atoms with E-state index >= 15 is 0 Å². The van der Waals surface area contributed by atoms with Crippen LogP contribution < -0.4 is 4.90 Å². The van der Waals surface area contributed by atoms with Gasteiger partial charge in [0.1, 0.15) is 5.60 Å². The number of ether oxygens (including phenoxy) is 1. The lowest BCUT2D eigenvalue weighted by Crippen LogP contribution is -2.36. The first-order valence-corrected chi connectivity index (χ1v) is 10.3. The molecule has 1 aliphatic carbocycles. The van der Waals surface area contributed by atoms with Gasteiger partial charge < -0.3 is 4.74 Å². The Kier molecular flexibility index (Phi) is 6.53. The first kappa shape index (κ1) is 20.9. The first-order chi connectivity index (χ1) is 13.9. The second kappa shape index (κ2) is 9.09. The second-order valence-electron chi connectivity index (χ2n) is 8.64. The van der Waals surface area contributed by atoms with Crippen molar-refractivity contribution in [3.8, 4) is 6.07 Å². The highest BCUT2D eigenvalue weighted by Gasteiger charge is 2.24. The molecule has 2 aromatic rings. The fourth-order valence-corrected chi connectivity index (χ4v) is 3.66. The third-order valence-electron chi connectivity index (χ3n) is 5.17. The van der Waals surface area contributed by atoms with Crippen LogP contribution in [0, 0.1) is 11.3 Å². The van der Waals surface area contributed by atoms with Gasteiger partial charge in [-0.3, -0.25) is 9.88 Å². The molecule has 0 radical (unpaired) electrons. The molecule has 3 rings (SSSR count). The van der Waals surface area contributed by atoms with E-state index in [0.717, 1.165) is 5.69 Å². The van der Waals surface area contributed by atoms with Crippen LogP contribution in [0.4, 0.5) is 10.5 Å². The number of amides is 1. The third-order valence-corrected chi connectivity index (χ3v) is 5.17. The number of hydrogen-bond acceptors (Lipinski definition) is 4. The molecule has 1 fully saturated rings. The Labute approximate surface area is 173 Å². The molecule has 0 N–H and O–H groups in total. The maximum atomic E-state index is 12.8. The highest BCUT2D eigenvalue weighted by atomic mass is 16.6. The minimum Gasteiger partial charge on any atom is -0.443 e. The summed E-state index contributed by atoms with van der Waals surface area (Å²) >= 11 is 0. The van der Waals surface area contributed by atoms with E-state index in [9.17, 15) is 4.79 Å². The lowest BCUT2D eigenvalue weighted by Gasteiger charge is -2.27. The highest BCUT2D eigenvalue weighted by Crippen LogP contribution is 2.32. The van der Waals surface area contributed by atoms with Crippen molar-refractivity contribution in [2.75, 3.05) is 4.90 Å². The number of nitrogens with zero attached hydrogens (tertiary/aromatic N) is 3. The molecule has 0 saturated heterocycles. The molecule has 0 atom stereocenters. The van der Waals surface area contributed by atoms with Gasteiger partial charge in [-0.1, -0.05) is 25.3 Å². The number of carbonyl (C=O) groups excluding carboxylic acids is 1. The van der Waals surface area contributed by atoms with Crippen LogP contribution in [0.25, 0.3) is 0 Å². The average Bonchev–Trinajstić information content (AvgIpc) is 2.72. The molecule has 1 amide bonds. The van der Waals surface area contributed by atoms with Gasteiger partial charge >= 0.3 is 6.09 Å². The van der Waals surface area contributed by atoms with Crippen molar-refractivity contribution in [1.29, 1.82) is 5.26 Å². The van der Waals surface area contributed by atoms with Crippen LogP contribution in [0.5, 0.6) is 0 Å². The summed E-state index contributed by atoms with van der Waals surface area (Å²) in [6, 6.07) is 13.2. The van der Waals surface area contributed by atoms with Gasteiger partial charge in [0.05, 0.1) is 23.9 Å². The number of carbonyl (C=O) groups is 1. The zero-order chi connectivity index (χ0) is 20.9. The van der Waals surface area contributed by atoms with Crippen molar-refractivity contribution in [3.63, 3.8) is 0 Å². The Morgan fingerprint density at radius 3 is 2.38 bits per heavy atom. The summed E-state index contributed by atoms with van der Waals surface area (Å²) in [4.78, 5) is 19.0. The van der Waals surface area contributed by atoms with Crippen LogP contribution in [0.2, 0.25) is 0 Å². The summed E-state index contributed by atoms with van der Waals surface area (Å²) in [5.41, 5.74) is 2.72. The predicted molar refractivity (Wildman–Crippen MR) is 114 cm³/mol. The molecular weight excluding hydrogens is 362 g/mol. The monoisotopic (exact) mass is 391 g/mol. The fraction of sp³-hybridized carbons (Fsp3) is 0.458. The number of nitriles is 1. The van der Waals surface area contributed by atoms with Crippen LogP contribution in [0.3, 0.4) is 0 Å². The highest BCUT2D eigenvalue weighted by molar-refractivity contribution is 5.87. The predicted octanol–water partition coefficient (Wildman–Crippen LogP) is 5.94. The van der Waals surface area contributed by atoms with E-state index in [1.807, 2.05) is 33.0 Å². The molecule has 29 heavy (non-hydrogen) atoms. The zero-order valence-corrected chi connectivity index (χ0v) is 17.5. The van der Waals surface area contributed by atoms with Crippen LogP contribution >= 0.6 is 0 Å². The lowest BCUT2D eigenvalue weighted by atomic mass is 9.85. The van der Waals surface area contributed by atoms with E-state index in [-0.39, 0.29) is 0 Å². The van der Waals surface area contributed by atoms with Gasteiger partial charge in [-0.2, -0.15) is 5.26 Å². The van der Waals surface area contributed by atoms with E-state index in [0.29, 0.717) is 23.7 Å². The summed E-state index contributed by atoms with van der Waals surface area (Å²) in [6.45, 7) is 5.85. The molecule has 0 unspecified atom stereocenters. The molecule has 0 spiro atoms. The summed E-state index contributed by atoms with van der Waals surface area (Å²) in [7, 11) is 0. The number of rotatable bonds is 4. The molecule has 0 bridgehead atoms. The van der Waals surface area contributed by atoms with Gasteiger partial charge in [0.15, 0.2) is 0 Å². The SMILES string of the molecule is CC(C)(C)OC(=O)N(Cc1ccc(C2CCCCC2)cn1)c1ccc(C#N)cc1. The van der Waals surface area contributed by atoms with E-state index in [1.165, 1.54) is 37.7 Å². The first-order valence-electron chi connectivity index (χ1n) is 10.3. The van der Waals surface area contributed by atoms with E-state index in [1.54, 1.807) is 29.2 Å².